The molecule has 3 nitrogen and oxygen atoms in total. The van der Waals surface area contributed by atoms with Crippen LogP contribution in [0.4, 0.5) is 0 Å². The van der Waals surface area contributed by atoms with Crippen LogP contribution in [0.15, 0.2) is 0 Å². The van der Waals surface area contributed by atoms with Crippen molar-refractivity contribution >= 4 is 27.7 Å². The Hall–Kier alpha value is -0.380. The van der Waals surface area contributed by atoms with Gasteiger partial charge in [0.1, 0.15) is 0 Å². The number of alkyl halides is 1. The molecule has 2 amide bonds. The summed E-state index contributed by atoms with van der Waals surface area (Å²) in [5.74, 6) is 0.285. The Kier molecular flexibility index (Phi) is 8.35. The van der Waals surface area contributed by atoms with Crippen molar-refractivity contribution < 1.29 is 9.59 Å². The number of carbonyl (C=O) groups is 2. The molecule has 0 bridgehead atoms. The van der Waals surface area contributed by atoms with Crippen LogP contribution in [-0.2, 0) is 9.59 Å². The van der Waals surface area contributed by atoms with Crippen LogP contribution in [0.2, 0.25) is 0 Å². The zero-order valence-corrected chi connectivity index (χ0v) is 13.6. The first-order valence-electron chi connectivity index (χ1n) is 7.54. The molecule has 19 heavy (non-hydrogen) atoms. The number of halogens is 1. The first-order chi connectivity index (χ1) is 9.15. The molecule has 110 valence electrons. The number of unbranched alkanes of at least 4 members (excludes halogenated alkanes) is 6. The Morgan fingerprint density at radius 2 is 1.42 bits per heavy atom. The van der Waals surface area contributed by atoms with Crippen molar-refractivity contribution in [2.45, 2.75) is 64.7 Å². The van der Waals surface area contributed by atoms with E-state index in [0.29, 0.717) is 19.4 Å². The number of piperidine rings is 1. The number of likely N-dealkylation sites (tertiary alicyclic amines) is 1. The monoisotopic (exact) mass is 331 g/mol. The van der Waals surface area contributed by atoms with Crippen LogP contribution in [0.25, 0.3) is 0 Å². The van der Waals surface area contributed by atoms with E-state index >= 15 is 0 Å². The normalized spacial score (nSPS) is 17.3. The maximum absolute atomic E-state index is 11.8. The smallest absolute Gasteiger partial charge is 0.229 e. The second-order valence-electron chi connectivity index (χ2n) is 5.62. The van der Waals surface area contributed by atoms with Gasteiger partial charge in [0.15, 0.2) is 0 Å². The van der Waals surface area contributed by atoms with Gasteiger partial charge in [-0.3, -0.25) is 14.5 Å². The van der Waals surface area contributed by atoms with E-state index in [1.54, 1.807) is 0 Å². The molecule has 1 aliphatic rings. The van der Waals surface area contributed by atoms with E-state index in [2.05, 4.69) is 15.9 Å². The highest BCUT2D eigenvalue weighted by atomic mass is 79.9. The number of amides is 2. The molecule has 1 heterocycles. The van der Waals surface area contributed by atoms with Crippen LogP contribution in [0, 0.1) is 5.92 Å². The van der Waals surface area contributed by atoms with Gasteiger partial charge in [-0.2, -0.15) is 0 Å². The topological polar surface area (TPSA) is 37.4 Å². The molecule has 1 saturated heterocycles. The van der Waals surface area contributed by atoms with Crippen molar-refractivity contribution in [3.05, 3.63) is 0 Å². The van der Waals surface area contributed by atoms with Crippen molar-refractivity contribution in [1.82, 2.24) is 4.90 Å². The Balaban J connectivity index is 2.05. The molecule has 0 spiro atoms. The van der Waals surface area contributed by atoms with Crippen LogP contribution in [0.5, 0.6) is 0 Å². The van der Waals surface area contributed by atoms with Crippen molar-refractivity contribution in [1.29, 1.82) is 0 Å². The average Bonchev–Trinajstić information content (AvgIpc) is 2.35. The molecule has 1 rings (SSSR count). The number of hydrogen-bond acceptors (Lipinski definition) is 2. The van der Waals surface area contributed by atoms with Gasteiger partial charge in [-0.25, -0.2) is 0 Å². The zero-order chi connectivity index (χ0) is 14.1. The summed E-state index contributed by atoms with van der Waals surface area (Å²) in [6.45, 7) is 2.60. The van der Waals surface area contributed by atoms with Crippen LogP contribution in [0.3, 0.4) is 0 Å². The third-order valence-corrected chi connectivity index (χ3v) is 4.22. The van der Waals surface area contributed by atoms with Gasteiger partial charge in [0.25, 0.3) is 0 Å². The van der Waals surface area contributed by atoms with Gasteiger partial charge < -0.3 is 0 Å². The molecule has 0 atom stereocenters. The van der Waals surface area contributed by atoms with Crippen LogP contribution >= 0.6 is 15.9 Å². The van der Waals surface area contributed by atoms with E-state index in [-0.39, 0.29) is 17.7 Å². The SMILES string of the molecule is CC1CC(=O)N(CCCCCCCCCBr)C(=O)C1. The fourth-order valence-corrected chi connectivity index (χ4v) is 2.92. The number of hydrogen-bond donors (Lipinski definition) is 0. The van der Waals surface area contributed by atoms with Crippen molar-refractivity contribution in [3.8, 4) is 0 Å². The predicted octanol–water partition coefficient (Wildman–Crippen LogP) is 3.90. The highest BCUT2D eigenvalue weighted by molar-refractivity contribution is 9.09. The highest BCUT2D eigenvalue weighted by Gasteiger charge is 2.29. The second kappa shape index (κ2) is 9.51. The third kappa shape index (κ3) is 6.55. The Morgan fingerprint density at radius 3 is 1.95 bits per heavy atom. The zero-order valence-electron chi connectivity index (χ0n) is 12.0. The van der Waals surface area contributed by atoms with E-state index in [0.717, 1.165) is 18.2 Å². The third-order valence-electron chi connectivity index (χ3n) is 3.66. The summed E-state index contributed by atoms with van der Waals surface area (Å²) in [6.07, 6.45) is 9.51. The summed E-state index contributed by atoms with van der Waals surface area (Å²) in [5, 5.41) is 1.10. The van der Waals surface area contributed by atoms with Crippen molar-refractivity contribution in [2.24, 2.45) is 5.92 Å². The minimum Gasteiger partial charge on any atom is -0.283 e. The van der Waals surface area contributed by atoms with Gasteiger partial charge in [-0.1, -0.05) is 55.0 Å². The summed E-state index contributed by atoms with van der Waals surface area (Å²) in [6, 6.07) is 0. The first-order valence-corrected chi connectivity index (χ1v) is 8.66. The van der Waals surface area contributed by atoms with Crippen LogP contribution in [0.1, 0.15) is 64.7 Å². The highest BCUT2D eigenvalue weighted by Crippen LogP contribution is 2.19. The number of imide groups is 1. The maximum Gasteiger partial charge on any atom is 0.229 e. The largest absolute Gasteiger partial charge is 0.283 e. The molecular weight excluding hydrogens is 306 g/mol. The van der Waals surface area contributed by atoms with Gasteiger partial charge in [-0.05, 0) is 18.8 Å². The number of rotatable bonds is 9. The number of carbonyl (C=O) groups excluding carboxylic acids is 2. The molecule has 0 N–H and O–H groups in total. The summed E-state index contributed by atoms with van der Waals surface area (Å²) >= 11 is 3.43. The van der Waals surface area contributed by atoms with Crippen molar-refractivity contribution in [2.75, 3.05) is 11.9 Å². The molecular formula is C15H26BrNO2. The Morgan fingerprint density at radius 1 is 0.947 bits per heavy atom. The van der Waals surface area contributed by atoms with E-state index in [1.807, 2.05) is 6.92 Å². The molecule has 0 saturated carbocycles. The summed E-state index contributed by atoms with van der Waals surface area (Å²) in [7, 11) is 0. The van der Waals surface area contributed by atoms with E-state index < -0.39 is 0 Å². The van der Waals surface area contributed by atoms with Crippen LogP contribution in [-0.4, -0.2) is 28.6 Å². The Labute approximate surface area is 125 Å². The lowest BCUT2D eigenvalue weighted by atomic mass is 9.97. The minimum atomic E-state index is 0.0288. The quantitative estimate of drug-likeness (QED) is 0.365. The maximum atomic E-state index is 11.8. The molecule has 0 radical (unpaired) electrons. The predicted molar refractivity (Wildman–Crippen MR) is 81.2 cm³/mol. The van der Waals surface area contributed by atoms with Gasteiger partial charge >= 0.3 is 0 Å². The minimum absolute atomic E-state index is 0.0288. The lowest BCUT2D eigenvalue weighted by molar-refractivity contribution is -0.149. The summed E-state index contributed by atoms with van der Waals surface area (Å²) < 4.78 is 0. The second-order valence-corrected chi connectivity index (χ2v) is 6.41. The lowest BCUT2D eigenvalue weighted by Crippen LogP contribution is -2.43. The molecule has 0 aromatic heterocycles. The van der Waals surface area contributed by atoms with Crippen molar-refractivity contribution in [3.63, 3.8) is 0 Å². The number of nitrogens with zero attached hydrogens (tertiary/aromatic N) is 1. The molecule has 4 heteroatoms. The van der Waals surface area contributed by atoms with Gasteiger partial charge in [0.05, 0.1) is 0 Å². The van der Waals surface area contributed by atoms with E-state index in [1.165, 1.54) is 37.0 Å². The first kappa shape index (κ1) is 16.7. The molecule has 0 unspecified atom stereocenters. The molecule has 1 aliphatic heterocycles. The average molecular weight is 332 g/mol. The van der Waals surface area contributed by atoms with Crippen LogP contribution < -0.4 is 0 Å². The summed E-state index contributed by atoms with van der Waals surface area (Å²) in [4.78, 5) is 25.0. The van der Waals surface area contributed by atoms with E-state index in [4.69, 9.17) is 0 Å². The van der Waals surface area contributed by atoms with Gasteiger partial charge in [0, 0.05) is 24.7 Å². The molecule has 0 aromatic carbocycles. The standard InChI is InChI=1S/C15H26BrNO2/c1-13-11-14(18)17(15(19)12-13)10-8-6-4-2-3-5-7-9-16/h13H,2-12H2,1H3. The fraction of sp³-hybridized carbons (Fsp3) is 0.867. The van der Waals surface area contributed by atoms with Gasteiger partial charge in [-0.15, -0.1) is 0 Å². The molecule has 0 aliphatic carbocycles. The lowest BCUT2D eigenvalue weighted by Gasteiger charge is -2.28. The van der Waals surface area contributed by atoms with E-state index in [9.17, 15) is 9.59 Å². The summed E-state index contributed by atoms with van der Waals surface area (Å²) in [5.41, 5.74) is 0. The Bertz CT molecular complexity index is 276. The molecule has 1 fully saturated rings. The fourth-order valence-electron chi connectivity index (χ4n) is 2.53. The molecule has 0 aromatic rings. The van der Waals surface area contributed by atoms with Gasteiger partial charge in [0.2, 0.25) is 11.8 Å².